The molecule has 152 valence electrons. The van der Waals surface area contributed by atoms with E-state index < -0.39 is 0 Å². The Bertz CT molecular complexity index is 1430. The Morgan fingerprint density at radius 1 is 0.625 bits per heavy atom. The van der Waals surface area contributed by atoms with Crippen molar-refractivity contribution in [1.82, 2.24) is 9.97 Å². The summed E-state index contributed by atoms with van der Waals surface area (Å²) >= 11 is 0. The number of nitrogens with zero attached hydrogens (tertiary/aromatic N) is 2. The average Bonchev–Trinajstić information content (AvgIpc) is 2.84. The predicted molar refractivity (Wildman–Crippen MR) is 131 cm³/mol. The van der Waals surface area contributed by atoms with Crippen LogP contribution in [0.25, 0.3) is 33.3 Å². The Labute approximate surface area is 188 Å². The fourth-order valence-electron chi connectivity index (χ4n) is 4.46. The summed E-state index contributed by atoms with van der Waals surface area (Å²) in [5.74, 6) is 0. The molecule has 0 unspecified atom stereocenters. The number of hydrogen-bond acceptors (Lipinski definition) is 2. The quantitative estimate of drug-likeness (QED) is 0.278. The normalized spacial score (nSPS) is 13.1. The molecule has 1 aliphatic heterocycles. The van der Waals surface area contributed by atoms with E-state index in [9.17, 15) is 0 Å². The van der Waals surface area contributed by atoms with Gasteiger partial charge in [-0.1, -0.05) is 66.7 Å². The van der Waals surface area contributed by atoms with Gasteiger partial charge in [-0.25, -0.2) is 0 Å². The van der Waals surface area contributed by atoms with E-state index in [0.29, 0.717) is 0 Å². The van der Waals surface area contributed by atoms with Gasteiger partial charge in [0.25, 0.3) is 0 Å². The van der Waals surface area contributed by atoms with Crippen LogP contribution in [0.4, 0.5) is 0 Å². The van der Waals surface area contributed by atoms with E-state index in [4.69, 9.17) is 9.97 Å². The highest BCUT2D eigenvalue weighted by Gasteiger charge is 2.11. The van der Waals surface area contributed by atoms with Crippen molar-refractivity contribution < 1.29 is 0 Å². The second-order valence-electron chi connectivity index (χ2n) is 8.30. The van der Waals surface area contributed by atoms with Crippen molar-refractivity contribution in [3.05, 3.63) is 132 Å². The van der Waals surface area contributed by atoms with Gasteiger partial charge in [0, 0.05) is 28.6 Å². The molecule has 2 heteroatoms. The molecule has 3 heterocycles. The summed E-state index contributed by atoms with van der Waals surface area (Å²) in [6, 6.07) is 34.3. The Balaban J connectivity index is 1.55. The molecule has 0 saturated carbocycles. The van der Waals surface area contributed by atoms with Crippen LogP contribution >= 0.6 is 0 Å². The third kappa shape index (κ3) is 3.69. The minimum atomic E-state index is 0.848. The van der Waals surface area contributed by atoms with E-state index in [2.05, 4.69) is 110 Å². The molecule has 0 spiro atoms. The molecule has 32 heavy (non-hydrogen) atoms. The van der Waals surface area contributed by atoms with Gasteiger partial charge < -0.3 is 0 Å². The van der Waals surface area contributed by atoms with Gasteiger partial charge in [-0.15, -0.1) is 0 Å². The zero-order valence-electron chi connectivity index (χ0n) is 17.7. The molecular formula is C30H22N2. The summed E-state index contributed by atoms with van der Waals surface area (Å²) < 4.78 is 0. The highest BCUT2D eigenvalue weighted by atomic mass is 14.7. The van der Waals surface area contributed by atoms with Crippen LogP contribution in [-0.2, 0) is 12.8 Å². The van der Waals surface area contributed by atoms with Crippen LogP contribution in [0.3, 0.4) is 0 Å². The van der Waals surface area contributed by atoms with E-state index in [1.54, 1.807) is 0 Å². The van der Waals surface area contributed by atoms with Crippen LogP contribution in [-0.4, -0.2) is 9.97 Å². The van der Waals surface area contributed by atoms with Crippen LogP contribution in [0, 0.1) is 12.8 Å². The molecule has 3 aromatic carbocycles. The molecule has 0 atom stereocenters. The summed E-state index contributed by atoms with van der Waals surface area (Å²) in [4.78, 5) is 10.0. The van der Waals surface area contributed by atoms with Gasteiger partial charge in [0.05, 0.1) is 17.1 Å². The predicted octanol–water partition coefficient (Wildman–Crippen LogP) is 6.87. The van der Waals surface area contributed by atoms with Crippen molar-refractivity contribution in [2.45, 2.75) is 12.8 Å². The molecule has 0 fully saturated rings. The summed E-state index contributed by atoms with van der Waals surface area (Å²) in [6.07, 6.45) is 6.22. The van der Waals surface area contributed by atoms with E-state index in [1.807, 2.05) is 0 Å². The lowest BCUT2D eigenvalue weighted by Crippen LogP contribution is -1.98. The number of benzene rings is 3. The fraction of sp³-hybridized carbons (Fsp3) is 0.0667. The highest BCUT2D eigenvalue weighted by molar-refractivity contribution is 5.95. The Hall–Kier alpha value is -3.78. The second kappa shape index (κ2) is 8.05. The molecule has 8 bridgehead atoms. The van der Waals surface area contributed by atoms with Gasteiger partial charge in [0.15, 0.2) is 0 Å². The lowest BCUT2D eigenvalue weighted by molar-refractivity contribution is 0.982. The first-order valence-electron chi connectivity index (χ1n) is 11.0. The summed E-state index contributed by atoms with van der Waals surface area (Å²) in [6.45, 7) is 0. The molecule has 0 aliphatic carbocycles. The number of hydrogen-bond donors (Lipinski definition) is 0. The summed E-state index contributed by atoms with van der Waals surface area (Å²) in [5.41, 5.74) is 8.78. The maximum Gasteiger partial charge on any atom is 0.0783 e. The molecule has 0 saturated heterocycles. The minimum Gasteiger partial charge on any atom is -0.253 e. The third-order valence-corrected chi connectivity index (χ3v) is 6.00. The van der Waals surface area contributed by atoms with Crippen LogP contribution in [0.5, 0.6) is 0 Å². The van der Waals surface area contributed by atoms with Crippen molar-refractivity contribution in [2.24, 2.45) is 0 Å². The van der Waals surface area contributed by atoms with Crippen molar-refractivity contribution in [3.63, 3.8) is 0 Å². The minimum absolute atomic E-state index is 0.848. The standard InChI is InChI=1S/C30H22N2/c1-2-15-28-23(10-1)20-27-19-22-9-4-11-24(18-22)29-16-6-14-26(31-29)13-5-8-21-7-3-12-25(17-21)30(28)32-27/h1-7,9-12,14-20H,8,13H2. The zero-order valence-corrected chi connectivity index (χ0v) is 17.7. The Morgan fingerprint density at radius 2 is 1.50 bits per heavy atom. The van der Waals surface area contributed by atoms with E-state index >= 15 is 0 Å². The van der Waals surface area contributed by atoms with Gasteiger partial charge in [-0.3, -0.25) is 9.97 Å². The molecule has 6 rings (SSSR count). The maximum absolute atomic E-state index is 5.10. The lowest BCUT2D eigenvalue weighted by atomic mass is 9.97. The van der Waals surface area contributed by atoms with E-state index in [-0.39, 0.29) is 0 Å². The smallest absolute Gasteiger partial charge is 0.0783 e. The van der Waals surface area contributed by atoms with Gasteiger partial charge in [-0.05, 0) is 66.1 Å². The molecule has 0 N–H and O–H groups in total. The molecule has 1 aliphatic rings. The fourth-order valence-corrected chi connectivity index (χ4v) is 4.46. The first-order valence-corrected chi connectivity index (χ1v) is 11.0. The largest absolute Gasteiger partial charge is 0.253 e. The first kappa shape index (κ1) is 18.9. The number of pyridine rings is 2. The SMILES string of the molecule is [CH]1Cc2cccc(c2)-c2nc(cc3ccccc23)[CH]c2cccc(c2)-c2cccc(n2)C1. The van der Waals surface area contributed by atoms with E-state index in [0.717, 1.165) is 52.3 Å². The highest BCUT2D eigenvalue weighted by Crippen LogP contribution is 2.30. The van der Waals surface area contributed by atoms with Crippen molar-refractivity contribution in [1.29, 1.82) is 0 Å². The zero-order chi connectivity index (χ0) is 21.3. The van der Waals surface area contributed by atoms with Crippen LogP contribution in [0.1, 0.15) is 22.5 Å². The Morgan fingerprint density at radius 3 is 2.50 bits per heavy atom. The van der Waals surface area contributed by atoms with Gasteiger partial charge in [0.1, 0.15) is 0 Å². The van der Waals surface area contributed by atoms with Crippen LogP contribution in [0.2, 0.25) is 0 Å². The molecule has 5 aromatic rings. The number of rotatable bonds is 0. The van der Waals surface area contributed by atoms with E-state index in [1.165, 1.54) is 16.3 Å². The summed E-state index contributed by atoms with van der Waals surface area (Å²) in [5, 5.41) is 2.38. The second-order valence-corrected chi connectivity index (χ2v) is 8.30. The molecular weight excluding hydrogens is 388 g/mol. The maximum atomic E-state index is 5.10. The van der Waals surface area contributed by atoms with Crippen molar-refractivity contribution in [3.8, 4) is 22.5 Å². The third-order valence-electron chi connectivity index (χ3n) is 6.00. The average molecular weight is 411 g/mol. The van der Waals surface area contributed by atoms with Crippen molar-refractivity contribution >= 4 is 10.8 Å². The van der Waals surface area contributed by atoms with Gasteiger partial charge in [-0.2, -0.15) is 0 Å². The topological polar surface area (TPSA) is 25.8 Å². The first-order chi connectivity index (χ1) is 15.8. The van der Waals surface area contributed by atoms with Gasteiger partial charge >= 0.3 is 0 Å². The van der Waals surface area contributed by atoms with Crippen LogP contribution in [0.15, 0.2) is 97.1 Å². The summed E-state index contributed by atoms with van der Waals surface area (Å²) in [7, 11) is 0. The molecule has 2 radical (unpaired) electrons. The van der Waals surface area contributed by atoms with Crippen molar-refractivity contribution in [2.75, 3.05) is 0 Å². The molecule has 2 nitrogen and oxygen atoms in total. The van der Waals surface area contributed by atoms with Crippen LogP contribution < -0.4 is 0 Å². The number of fused-ring (bicyclic) bond motifs is 12. The monoisotopic (exact) mass is 410 g/mol. The number of aromatic nitrogens is 2. The lowest BCUT2D eigenvalue weighted by Gasteiger charge is -2.12. The molecule has 2 aromatic heterocycles. The molecule has 0 amide bonds. The Kier molecular flexibility index (Phi) is 4.77. The van der Waals surface area contributed by atoms with Gasteiger partial charge in [0.2, 0.25) is 0 Å².